The van der Waals surface area contributed by atoms with E-state index in [1.807, 2.05) is 0 Å². The number of nitrogens with one attached hydrogen (secondary N) is 1. The van der Waals surface area contributed by atoms with Gasteiger partial charge in [-0.25, -0.2) is 0 Å². The van der Waals surface area contributed by atoms with Gasteiger partial charge in [0.2, 0.25) is 5.91 Å². The van der Waals surface area contributed by atoms with E-state index < -0.39 is 0 Å². The van der Waals surface area contributed by atoms with Crippen molar-refractivity contribution in [2.45, 2.75) is 58.3 Å². The fourth-order valence-electron chi connectivity index (χ4n) is 1.75. The average molecular weight is 278 g/mol. The molecule has 1 N–H and O–H groups in total. The van der Waals surface area contributed by atoms with Crippen molar-refractivity contribution in [2.24, 2.45) is 0 Å². The zero-order valence-corrected chi connectivity index (χ0v) is 12.4. The van der Waals surface area contributed by atoms with Crippen LogP contribution >= 0.6 is 11.6 Å². The van der Waals surface area contributed by atoms with Crippen LogP contribution in [0.2, 0.25) is 0 Å². The van der Waals surface area contributed by atoms with Crippen LogP contribution in [0.4, 0.5) is 0 Å². The Hall–Kier alpha value is -0.280. The molecule has 0 aliphatic heterocycles. The number of hydrogen-bond donors (Lipinski definition) is 1. The van der Waals surface area contributed by atoms with E-state index >= 15 is 0 Å². The van der Waals surface area contributed by atoms with Crippen molar-refractivity contribution in [3.63, 3.8) is 0 Å². The molecule has 0 aliphatic carbocycles. The second kappa shape index (κ2) is 14.8. The van der Waals surface area contributed by atoms with E-state index in [0.717, 1.165) is 6.42 Å². The second-order valence-electron chi connectivity index (χ2n) is 4.52. The van der Waals surface area contributed by atoms with Crippen molar-refractivity contribution in [2.75, 3.05) is 25.6 Å². The van der Waals surface area contributed by atoms with Gasteiger partial charge < -0.3 is 10.1 Å². The molecule has 0 fully saturated rings. The van der Waals surface area contributed by atoms with Crippen LogP contribution in [0.25, 0.3) is 0 Å². The number of halogens is 1. The molecule has 0 unspecified atom stereocenters. The van der Waals surface area contributed by atoms with Crippen LogP contribution in [-0.4, -0.2) is 31.5 Å². The maximum atomic E-state index is 11.4. The summed E-state index contributed by atoms with van der Waals surface area (Å²) in [6.07, 6.45) is 9.33. The second-order valence-corrected chi connectivity index (χ2v) is 4.90. The minimum atomic E-state index is 0.137. The lowest BCUT2D eigenvalue weighted by atomic mass is 10.1. The van der Waals surface area contributed by atoms with Crippen LogP contribution in [0, 0.1) is 0 Å². The van der Waals surface area contributed by atoms with Gasteiger partial charge in [0.1, 0.15) is 0 Å². The summed E-state index contributed by atoms with van der Waals surface area (Å²) < 4.78 is 5.17. The van der Waals surface area contributed by atoms with Gasteiger partial charge in [-0.15, -0.1) is 11.6 Å². The van der Waals surface area contributed by atoms with Crippen LogP contribution < -0.4 is 5.32 Å². The molecule has 0 heterocycles. The predicted molar refractivity (Wildman–Crippen MR) is 77.2 cm³/mol. The largest absolute Gasteiger partial charge is 0.378 e. The van der Waals surface area contributed by atoms with Crippen molar-refractivity contribution in [3.8, 4) is 0 Å². The highest BCUT2D eigenvalue weighted by atomic mass is 35.5. The van der Waals surface area contributed by atoms with E-state index in [0.29, 0.717) is 32.1 Å². The van der Waals surface area contributed by atoms with Gasteiger partial charge in [0.25, 0.3) is 0 Å². The maximum Gasteiger partial charge on any atom is 0.220 e. The zero-order valence-electron chi connectivity index (χ0n) is 11.7. The molecule has 0 aromatic heterocycles. The normalized spacial score (nSPS) is 10.6. The van der Waals surface area contributed by atoms with E-state index in [4.69, 9.17) is 16.3 Å². The summed E-state index contributed by atoms with van der Waals surface area (Å²) in [4.78, 5) is 11.4. The van der Waals surface area contributed by atoms with E-state index in [-0.39, 0.29) is 5.91 Å². The molecule has 0 aliphatic rings. The first kappa shape index (κ1) is 17.7. The van der Waals surface area contributed by atoms with Crippen LogP contribution in [0.15, 0.2) is 0 Å². The van der Waals surface area contributed by atoms with Gasteiger partial charge in [0.05, 0.1) is 13.2 Å². The Bertz CT molecular complexity index is 189. The van der Waals surface area contributed by atoms with Gasteiger partial charge in [0, 0.05) is 18.8 Å². The fraction of sp³-hybridized carbons (Fsp3) is 0.929. The quantitative estimate of drug-likeness (QED) is 0.413. The van der Waals surface area contributed by atoms with Crippen LogP contribution in [0.1, 0.15) is 58.3 Å². The Morgan fingerprint density at radius 1 is 1.06 bits per heavy atom. The Kier molecular flexibility index (Phi) is 14.5. The molecular formula is C14H28ClNO2. The third kappa shape index (κ3) is 13.8. The van der Waals surface area contributed by atoms with Crippen molar-refractivity contribution in [3.05, 3.63) is 0 Å². The maximum absolute atomic E-state index is 11.4. The number of alkyl halides is 1. The molecule has 1 amide bonds. The monoisotopic (exact) mass is 277 g/mol. The van der Waals surface area contributed by atoms with E-state index in [1.54, 1.807) is 0 Å². The van der Waals surface area contributed by atoms with Gasteiger partial charge in [-0.1, -0.05) is 45.4 Å². The molecule has 0 rings (SSSR count). The third-order valence-corrected chi connectivity index (χ3v) is 2.95. The Labute approximate surface area is 117 Å². The summed E-state index contributed by atoms with van der Waals surface area (Å²) in [7, 11) is 0. The van der Waals surface area contributed by atoms with Crippen LogP contribution in [0.5, 0.6) is 0 Å². The molecule has 0 saturated heterocycles. The SMILES string of the molecule is CCCCCCCCCC(=O)NCCOCCCl. The summed E-state index contributed by atoms with van der Waals surface area (Å²) >= 11 is 5.46. The Morgan fingerprint density at radius 3 is 2.39 bits per heavy atom. The number of carbonyl (C=O) groups excluding carboxylic acids is 1. The molecule has 108 valence electrons. The van der Waals surface area contributed by atoms with Crippen LogP contribution in [0.3, 0.4) is 0 Å². The average Bonchev–Trinajstić information content (AvgIpc) is 2.37. The van der Waals surface area contributed by atoms with Crippen molar-refractivity contribution < 1.29 is 9.53 Å². The van der Waals surface area contributed by atoms with E-state index in [2.05, 4.69) is 12.2 Å². The number of amides is 1. The molecule has 4 heteroatoms. The topological polar surface area (TPSA) is 38.3 Å². The van der Waals surface area contributed by atoms with E-state index in [1.165, 1.54) is 38.5 Å². The van der Waals surface area contributed by atoms with E-state index in [9.17, 15) is 4.79 Å². The minimum absolute atomic E-state index is 0.137. The first-order valence-electron chi connectivity index (χ1n) is 7.21. The van der Waals surface area contributed by atoms with Crippen molar-refractivity contribution >= 4 is 17.5 Å². The Balaban J connectivity index is 3.12. The Morgan fingerprint density at radius 2 is 1.72 bits per heavy atom. The number of rotatable bonds is 13. The lowest BCUT2D eigenvalue weighted by Gasteiger charge is -2.05. The summed E-state index contributed by atoms with van der Waals surface area (Å²) in [5.41, 5.74) is 0. The summed E-state index contributed by atoms with van der Waals surface area (Å²) in [5.74, 6) is 0.643. The number of hydrogen-bond acceptors (Lipinski definition) is 2. The molecule has 0 bridgehead atoms. The molecule has 3 nitrogen and oxygen atoms in total. The summed E-state index contributed by atoms with van der Waals surface area (Å²) in [6.45, 7) is 3.91. The molecular weight excluding hydrogens is 250 g/mol. The summed E-state index contributed by atoms with van der Waals surface area (Å²) in [5, 5.41) is 2.85. The highest BCUT2D eigenvalue weighted by molar-refractivity contribution is 6.17. The fourth-order valence-corrected chi connectivity index (χ4v) is 1.86. The van der Waals surface area contributed by atoms with Gasteiger partial charge in [-0.2, -0.15) is 0 Å². The van der Waals surface area contributed by atoms with Gasteiger partial charge in [0.15, 0.2) is 0 Å². The molecule has 0 radical (unpaired) electrons. The lowest BCUT2D eigenvalue weighted by molar-refractivity contribution is -0.121. The molecule has 18 heavy (non-hydrogen) atoms. The van der Waals surface area contributed by atoms with Crippen LogP contribution in [-0.2, 0) is 9.53 Å². The molecule has 0 atom stereocenters. The predicted octanol–water partition coefficient (Wildman–Crippen LogP) is 3.50. The standard InChI is InChI=1S/C14H28ClNO2/c1-2-3-4-5-6-7-8-9-14(17)16-11-13-18-12-10-15/h2-13H2,1H3,(H,16,17). The molecule has 0 aromatic carbocycles. The first-order chi connectivity index (χ1) is 8.81. The highest BCUT2D eigenvalue weighted by Crippen LogP contribution is 2.08. The summed E-state index contributed by atoms with van der Waals surface area (Å²) in [6, 6.07) is 0. The minimum Gasteiger partial charge on any atom is -0.378 e. The molecule has 0 saturated carbocycles. The zero-order chi connectivity index (χ0) is 13.5. The first-order valence-corrected chi connectivity index (χ1v) is 7.75. The number of unbranched alkanes of at least 4 members (excludes halogenated alkanes) is 6. The number of ether oxygens (including phenoxy) is 1. The van der Waals surface area contributed by atoms with Gasteiger partial charge in [-0.3, -0.25) is 4.79 Å². The smallest absolute Gasteiger partial charge is 0.220 e. The molecule has 0 spiro atoms. The number of carbonyl (C=O) groups is 1. The van der Waals surface area contributed by atoms with Crippen molar-refractivity contribution in [1.82, 2.24) is 5.32 Å². The lowest BCUT2D eigenvalue weighted by Crippen LogP contribution is -2.27. The third-order valence-electron chi connectivity index (χ3n) is 2.80. The molecule has 0 aromatic rings. The highest BCUT2D eigenvalue weighted by Gasteiger charge is 2.00. The van der Waals surface area contributed by atoms with Gasteiger partial charge in [-0.05, 0) is 6.42 Å². The van der Waals surface area contributed by atoms with Gasteiger partial charge >= 0.3 is 0 Å². The van der Waals surface area contributed by atoms with Crippen molar-refractivity contribution in [1.29, 1.82) is 0 Å².